The lowest BCUT2D eigenvalue weighted by atomic mass is 10.0. The Morgan fingerprint density at radius 3 is 1.90 bits per heavy atom. The summed E-state index contributed by atoms with van der Waals surface area (Å²) < 4.78 is 39.2. The lowest BCUT2D eigenvalue weighted by Gasteiger charge is -2.17. The number of halogens is 2. The Morgan fingerprint density at radius 2 is 1.52 bits per heavy atom. The zero-order valence-electron chi connectivity index (χ0n) is 11.4. The van der Waals surface area contributed by atoms with Crippen LogP contribution in [0.5, 0.6) is 0 Å². The Labute approximate surface area is 124 Å². The van der Waals surface area contributed by atoms with E-state index in [1.165, 1.54) is 43.3 Å². The fourth-order valence-electron chi connectivity index (χ4n) is 2.12. The zero-order chi connectivity index (χ0) is 15.4. The average molecular weight is 308 g/mol. The van der Waals surface area contributed by atoms with Gasteiger partial charge in [-0.3, -0.25) is 9.00 Å². The van der Waals surface area contributed by atoms with Gasteiger partial charge in [0.15, 0.2) is 0 Å². The number of carbonyl (C=O) groups is 1. The summed E-state index contributed by atoms with van der Waals surface area (Å²) in [6, 6.07) is 11.3. The van der Waals surface area contributed by atoms with Crippen molar-refractivity contribution in [3.8, 4) is 0 Å². The van der Waals surface area contributed by atoms with Crippen LogP contribution in [0.25, 0.3) is 0 Å². The van der Waals surface area contributed by atoms with Crippen molar-refractivity contribution in [1.82, 2.24) is 0 Å². The number of rotatable bonds is 5. The first-order valence-corrected chi connectivity index (χ1v) is 7.73. The van der Waals surface area contributed by atoms with Gasteiger partial charge in [0.25, 0.3) is 0 Å². The summed E-state index contributed by atoms with van der Waals surface area (Å²) in [6.07, 6.45) is 0. The van der Waals surface area contributed by atoms with Gasteiger partial charge >= 0.3 is 0 Å². The van der Waals surface area contributed by atoms with Crippen LogP contribution in [0, 0.1) is 11.6 Å². The molecule has 2 nitrogen and oxygen atoms in total. The Balaban J connectivity index is 2.48. The van der Waals surface area contributed by atoms with Crippen molar-refractivity contribution in [2.75, 3.05) is 5.75 Å². The van der Waals surface area contributed by atoms with E-state index in [1.54, 1.807) is 12.1 Å². The Hall–Kier alpha value is -1.88. The molecule has 21 heavy (non-hydrogen) atoms. The van der Waals surface area contributed by atoms with E-state index in [-0.39, 0.29) is 11.5 Å². The normalized spacial score (nSPS) is 12.4. The maximum Gasteiger partial charge on any atom is 0.142 e. The molecular weight excluding hydrogens is 294 g/mol. The molecule has 0 bridgehead atoms. The molecule has 0 aromatic heterocycles. The van der Waals surface area contributed by atoms with Gasteiger partial charge in [-0.1, -0.05) is 24.3 Å². The maximum absolute atomic E-state index is 13.4. The first-order chi connectivity index (χ1) is 9.97. The Morgan fingerprint density at radius 1 is 1.05 bits per heavy atom. The van der Waals surface area contributed by atoms with E-state index in [9.17, 15) is 17.8 Å². The molecule has 1 unspecified atom stereocenters. The Bertz CT molecular complexity index is 640. The van der Waals surface area contributed by atoms with E-state index in [0.29, 0.717) is 11.1 Å². The highest BCUT2D eigenvalue weighted by Gasteiger charge is 2.23. The highest BCUT2D eigenvalue weighted by atomic mass is 32.2. The summed E-state index contributed by atoms with van der Waals surface area (Å²) in [6.45, 7) is 1.34. The number of benzene rings is 2. The van der Waals surface area contributed by atoms with Crippen LogP contribution in [0.4, 0.5) is 8.78 Å². The number of Topliss-reactive ketones (excluding diaryl/α,β-unsaturated/α-hetero) is 1. The van der Waals surface area contributed by atoms with Crippen LogP contribution >= 0.6 is 0 Å². The third-order valence-corrected chi connectivity index (χ3v) is 4.67. The van der Waals surface area contributed by atoms with Gasteiger partial charge < -0.3 is 0 Å². The van der Waals surface area contributed by atoms with E-state index >= 15 is 0 Å². The van der Waals surface area contributed by atoms with Gasteiger partial charge in [-0.2, -0.15) is 0 Å². The Kier molecular flexibility index (Phi) is 4.96. The summed E-state index contributed by atoms with van der Waals surface area (Å²) in [5.41, 5.74) is 0.917. The fraction of sp³-hybridized carbons (Fsp3) is 0.188. The van der Waals surface area contributed by atoms with Gasteiger partial charge in [0.2, 0.25) is 0 Å². The maximum atomic E-state index is 13.4. The molecule has 0 heterocycles. The molecule has 110 valence electrons. The van der Waals surface area contributed by atoms with Crippen molar-refractivity contribution >= 4 is 16.6 Å². The highest BCUT2D eigenvalue weighted by molar-refractivity contribution is 7.86. The second kappa shape index (κ2) is 6.72. The molecule has 0 aliphatic carbocycles. The van der Waals surface area contributed by atoms with Crippen LogP contribution < -0.4 is 0 Å². The standard InChI is InChI=1S/C16H14F2O2S/c1-11(19)10-21(20)16(12-4-2-6-14(17)8-12)13-5-3-7-15(18)9-13/h2-9,16H,10H2,1H3. The van der Waals surface area contributed by atoms with Crippen molar-refractivity contribution in [3.05, 3.63) is 71.3 Å². The van der Waals surface area contributed by atoms with Gasteiger partial charge in [-0.05, 0) is 42.3 Å². The molecule has 0 amide bonds. The van der Waals surface area contributed by atoms with E-state index < -0.39 is 27.7 Å². The molecule has 0 aliphatic heterocycles. The first-order valence-electron chi connectivity index (χ1n) is 6.35. The summed E-state index contributed by atoms with van der Waals surface area (Å²) in [4.78, 5) is 11.2. The molecule has 1 atom stereocenters. The molecule has 0 spiro atoms. The predicted molar refractivity (Wildman–Crippen MR) is 78.3 cm³/mol. The molecule has 0 radical (unpaired) electrons. The monoisotopic (exact) mass is 308 g/mol. The molecule has 2 aromatic carbocycles. The van der Waals surface area contributed by atoms with Crippen LogP contribution in [-0.4, -0.2) is 15.7 Å². The van der Waals surface area contributed by atoms with Gasteiger partial charge in [-0.25, -0.2) is 8.78 Å². The number of hydrogen-bond donors (Lipinski definition) is 0. The molecular formula is C16H14F2O2S. The predicted octanol–water partition coefficient (Wildman–Crippen LogP) is 3.39. The number of ketones is 1. The van der Waals surface area contributed by atoms with Crippen LogP contribution in [-0.2, 0) is 15.6 Å². The van der Waals surface area contributed by atoms with E-state index in [4.69, 9.17) is 0 Å². The minimum atomic E-state index is -1.59. The van der Waals surface area contributed by atoms with Gasteiger partial charge in [0, 0.05) is 10.8 Å². The molecule has 5 heteroatoms. The second-order valence-electron chi connectivity index (χ2n) is 4.72. The average Bonchev–Trinajstić information content (AvgIpc) is 2.38. The van der Waals surface area contributed by atoms with Gasteiger partial charge in [0.05, 0.1) is 11.0 Å². The lowest BCUT2D eigenvalue weighted by molar-refractivity contribution is -0.114. The lowest BCUT2D eigenvalue weighted by Crippen LogP contribution is -2.16. The van der Waals surface area contributed by atoms with Crippen LogP contribution in [0.3, 0.4) is 0 Å². The largest absolute Gasteiger partial charge is 0.299 e. The molecule has 2 aromatic rings. The first kappa shape index (κ1) is 15.5. The third kappa shape index (κ3) is 4.04. The molecule has 0 saturated carbocycles. The smallest absolute Gasteiger partial charge is 0.142 e. The van der Waals surface area contributed by atoms with Gasteiger partial charge in [0.1, 0.15) is 17.4 Å². The molecule has 0 aliphatic rings. The van der Waals surface area contributed by atoms with Crippen molar-refractivity contribution in [1.29, 1.82) is 0 Å². The SMILES string of the molecule is CC(=O)CS(=O)C(c1cccc(F)c1)c1cccc(F)c1. The van der Waals surface area contributed by atoms with Crippen LogP contribution in [0.15, 0.2) is 48.5 Å². The van der Waals surface area contributed by atoms with E-state index in [0.717, 1.165) is 0 Å². The molecule has 2 rings (SSSR count). The van der Waals surface area contributed by atoms with Crippen LogP contribution in [0.2, 0.25) is 0 Å². The summed E-state index contributed by atoms with van der Waals surface area (Å²) in [7, 11) is -1.59. The minimum Gasteiger partial charge on any atom is -0.299 e. The van der Waals surface area contributed by atoms with Crippen LogP contribution in [0.1, 0.15) is 23.3 Å². The highest BCUT2D eigenvalue weighted by Crippen LogP contribution is 2.29. The van der Waals surface area contributed by atoms with Gasteiger partial charge in [-0.15, -0.1) is 0 Å². The summed E-state index contributed by atoms with van der Waals surface area (Å²) >= 11 is 0. The molecule has 0 N–H and O–H groups in total. The third-order valence-electron chi connectivity index (χ3n) is 2.91. The fourth-order valence-corrected chi connectivity index (χ4v) is 3.59. The van der Waals surface area contributed by atoms with E-state index in [2.05, 4.69) is 0 Å². The van der Waals surface area contributed by atoms with Crippen molar-refractivity contribution in [3.63, 3.8) is 0 Å². The number of hydrogen-bond acceptors (Lipinski definition) is 2. The zero-order valence-corrected chi connectivity index (χ0v) is 12.2. The second-order valence-corrected chi connectivity index (χ2v) is 6.24. The summed E-state index contributed by atoms with van der Waals surface area (Å²) in [5, 5.41) is -0.736. The van der Waals surface area contributed by atoms with Crippen molar-refractivity contribution < 1.29 is 17.8 Å². The van der Waals surface area contributed by atoms with Crippen molar-refractivity contribution in [2.45, 2.75) is 12.2 Å². The quantitative estimate of drug-likeness (QED) is 0.848. The topological polar surface area (TPSA) is 34.1 Å². The van der Waals surface area contributed by atoms with Crippen molar-refractivity contribution in [2.24, 2.45) is 0 Å². The van der Waals surface area contributed by atoms with E-state index in [1.807, 2.05) is 0 Å². The minimum absolute atomic E-state index is 0.155. The number of carbonyl (C=O) groups excluding carboxylic acids is 1. The molecule has 0 saturated heterocycles. The molecule has 0 fully saturated rings. The summed E-state index contributed by atoms with van der Waals surface area (Å²) in [5.74, 6) is -1.31.